The average molecular weight is 231 g/mol. The molecule has 1 nitrogen and oxygen atoms in total. The maximum Gasteiger partial charge on any atom is 0.00827 e. The first-order valence-electron chi connectivity index (χ1n) is 6.82. The van der Waals surface area contributed by atoms with Crippen LogP contribution in [0, 0.1) is 5.92 Å². The molecule has 0 atom stereocenters. The van der Waals surface area contributed by atoms with Crippen LogP contribution in [0.3, 0.4) is 0 Å². The molecule has 2 rings (SSSR count). The third kappa shape index (κ3) is 2.40. The molecule has 17 heavy (non-hydrogen) atoms. The predicted molar refractivity (Wildman–Crippen MR) is 74.5 cm³/mol. The second-order valence-corrected chi connectivity index (χ2v) is 6.10. The number of hydrogen-bond acceptors (Lipinski definition) is 1. The normalized spacial score (nSPS) is 28.2. The molecule has 1 aliphatic rings. The predicted octanol–water partition coefficient (Wildman–Crippen LogP) is 3.70. The van der Waals surface area contributed by atoms with Gasteiger partial charge in [0.2, 0.25) is 0 Å². The van der Waals surface area contributed by atoms with Gasteiger partial charge in [-0.1, -0.05) is 45.0 Å². The topological polar surface area (TPSA) is 12.0 Å². The van der Waals surface area contributed by atoms with Crippen molar-refractivity contribution in [3.63, 3.8) is 0 Å². The highest BCUT2D eigenvalue weighted by Crippen LogP contribution is 2.47. The van der Waals surface area contributed by atoms with Crippen molar-refractivity contribution in [3.05, 3.63) is 35.4 Å². The molecule has 0 amide bonds. The van der Waals surface area contributed by atoms with Crippen molar-refractivity contribution in [2.45, 2.75) is 44.9 Å². The minimum Gasteiger partial charge on any atom is -0.319 e. The molecule has 0 radical (unpaired) electrons. The first-order valence-corrected chi connectivity index (χ1v) is 6.82. The van der Waals surface area contributed by atoms with Crippen molar-refractivity contribution in [2.75, 3.05) is 13.6 Å². The second-order valence-electron chi connectivity index (χ2n) is 6.10. The van der Waals surface area contributed by atoms with Gasteiger partial charge in [-0.05, 0) is 42.9 Å². The fourth-order valence-electron chi connectivity index (χ4n) is 3.32. The van der Waals surface area contributed by atoms with Gasteiger partial charge in [0, 0.05) is 12.0 Å². The van der Waals surface area contributed by atoms with E-state index in [4.69, 9.17) is 0 Å². The molecule has 0 heterocycles. The maximum absolute atomic E-state index is 3.37. The first-order chi connectivity index (χ1) is 8.07. The Balaban J connectivity index is 2.20. The Morgan fingerprint density at radius 2 is 1.82 bits per heavy atom. The first kappa shape index (κ1) is 12.6. The molecule has 1 aromatic rings. The van der Waals surface area contributed by atoms with Gasteiger partial charge in [0.15, 0.2) is 0 Å². The summed E-state index contributed by atoms with van der Waals surface area (Å²) < 4.78 is 0. The van der Waals surface area contributed by atoms with Crippen LogP contribution in [0.1, 0.15) is 50.7 Å². The number of hydrogen-bond donors (Lipinski definition) is 1. The molecule has 0 spiro atoms. The summed E-state index contributed by atoms with van der Waals surface area (Å²) in [6.07, 6.45) is 2.66. The van der Waals surface area contributed by atoms with Crippen molar-refractivity contribution >= 4 is 0 Å². The van der Waals surface area contributed by atoms with E-state index < -0.39 is 0 Å². The van der Waals surface area contributed by atoms with E-state index >= 15 is 0 Å². The van der Waals surface area contributed by atoms with Gasteiger partial charge in [-0.25, -0.2) is 0 Å². The fraction of sp³-hybridized carbons (Fsp3) is 0.625. The monoisotopic (exact) mass is 231 g/mol. The summed E-state index contributed by atoms with van der Waals surface area (Å²) in [6.45, 7) is 7.97. The molecular formula is C16H25N. The molecule has 1 fully saturated rings. The van der Waals surface area contributed by atoms with Gasteiger partial charge in [-0.3, -0.25) is 0 Å². The van der Waals surface area contributed by atoms with E-state index in [0.29, 0.717) is 11.3 Å². The molecule has 1 aliphatic carbocycles. The van der Waals surface area contributed by atoms with E-state index in [1.165, 1.54) is 24.0 Å². The van der Waals surface area contributed by atoms with Crippen LogP contribution in [-0.2, 0) is 5.41 Å². The maximum atomic E-state index is 3.37. The minimum absolute atomic E-state index is 0.406. The van der Waals surface area contributed by atoms with Gasteiger partial charge in [0.05, 0.1) is 0 Å². The Hall–Kier alpha value is -0.820. The Morgan fingerprint density at radius 3 is 2.24 bits per heavy atom. The summed E-state index contributed by atoms with van der Waals surface area (Å²) in [6, 6.07) is 9.30. The van der Waals surface area contributed by atoms with Gasteiger partial charge in [0.25, 0.3) is 0 Å². The highest BCUT2D eigenvalue weighted by atomic mass is 14.8. The van der Waals surface area contributed by atoms with E-state index in [1.807, 2.05) is 0 Å². The molecule has 1 heteroatoms. The quantitative estimate of drug-likeness (QED) is 0.833. The molecule has 1 N–H and O–H groups in total. The lowest BCUT2D eigenvalue weighted by atomic mass is 9.59. The largest absolute Gasteiger partial charge is 0.319 e. The van der Waals surface area contributed by atoms with Crippen molar-refractivity contribution in [1.82, 2.24) is 5.32 Å². The van der Waals surface area contributed by atoms with E-state index in [2.05, 4.69) is 57.4 Å². The van der Waals surface area contributed by atoms with Crippen molar-refractivity contribution in [1.29, 1.82) is 0 Å². The zero-order chi connectivity index (χ0) is 12.5. The fourth-order valence-corrected chi connectivity index (χ4v) is 3.32. The van der Waals surface area contributed by atoms with Gasteiger partial charge >= 0.3 is 0 Å². The van der Waals surface area contributed by atoms with Gasteiger partial charge in [-0.2, -0.15) is 0 Å². The summed E-state index contributed by atoms with van der Waals surface area (Å²) in [5.74, 6) is 1.51. The summed E-state index contributed by atoms with van der Waals surface area (Å²) in [5.41, 5.74) is 3.37. The zero-order valence-electron chi connectivity index (χ0n) is 11.6. The van der Waals surface area contributed by atoms with Crippen molar-refractivity contribution < 1.29 is 0 Å². The third-order valence-electron chi connectivity index (χ3n) is 4.18. The Bertz CT molecular complexity index is 352. The van der Waals surface area contributed by atoms with Crippen LogP contribution in [-0.4, -0.2) is 13.6 Å². The highest BCUT2D eigenvalue weighted by molar-refractivity contribution is 5.33. The molecular weight excluding hydrogens is 206 g/mol. The number of likely N-dealkylation sites (N-methyl/N-ethyl adjacent to an activating group) is 1. The van der Waals surface area contributed by atoms with Crippen LogP contribution in [0.15, 0.2) is 24.3 Å². The molecule has 0 aromatic heterocycles. The highest BCUT2D eigenvalue weighted by Gasteiger charge is 2.42. The number of benzene rings is 1. The smallest absolute Gasteiger partial charge is 0.00827 e. The summed E-state index contributed by atoms with van der Waals surface area (Å²) in [5, 5.41) is 3.37. The summed E-state index contributed by atoms with van der Waals surface area (Å²) >= 11 is 0. The van der Waals surface area contributed by atoms with E-state index in [1.54, 1.807) is 0 Å². The second kappa shape index (κ2) is 4.81. The lowest BCUT2D eigenvalue weighted by molar-refractivity contribution is 0.155. The van der Waals surface area contributed by atoms with Gasteiger partial charge < -0.3 is 5.32 Å². The van der Waals surface area contributed by atoms with Crippen LogP contribution in [0.5, 0.6) is 0 Å². The van der Waals surface area contributed by atoms with Crippen LogP contribution >= 0.6 is 0 Å². The van der Waals surface area contributed by atoms with Crippen LogP contribution in [0.25, 0.3) is 0 Å². The molecule has 1 aromatic carbocycles. The third-order valence-corrected chi connectivity index (χ3v) is 4.18. The lowest BCUT2D eigenvalue weighted by Crippen LogP contribution is -2.47. The van der Waals surface area contributed by atoms with Crippen LogP contribution in [0.2, 0.25) is 0 Å². The Labute approximate surface area is 106 Å². The van der Waals surface area contributed by atoms with E-state index in [-0.39, 0.29) is 0 Å². The van der Waals surface area contributed by atoms with Crippen LogP contribution < -0.4 is 5.32 Å². The van der Waals surface area contributed by atoms with E-state index in [9.17, 15) is 0 Å². The van der Waals surface area contributed by atoms with Gasteiger partial charge in [0.1, 0.15) is 0 Å². The zero-order valence-corrected chi connectivity index (χ0v) is 11.6. The summed E-state index contributed by atoms with van der Waals surface area (Å²) in [4.78, 5) is 0. The molecule has 1 saturated carbocycles. The SMILES string of the molecule is CNCC1(c2ccc(C(C)C)cc2)CC(C)C1. The molecule has 94 valence electrons. The number of nitrogens with one attached hydrogen (secondary N) is 1. The number of rotatable bonds is 4. The lowest BCUT2D eigenvalue weighted by Gasteiger charge is -2.47. The molecule has 0 saturated heterocycles. The average Bonchev–Trinajstić information content (AvgIpc) is 2.27. The van der Waals surface area contributed by atoms with Crippen molar-refractivity contribution in [3.8, 4) is 0 Å². The Morgan fingerprint density at radius 1 is 1.24 bits per heavy atom. The molecule has 0 aliphatic heterocycles. The van der Waals surface area contributed by atoms with Crippen LogP contribution in [0.4, 0.5) is 0 Å². The van der Waals surface area contributed by atoms with Crippen molar-refractivity contribution in [2.24, 2.45) is 5.92 Å². The van der Waals surface area contributed by atoms with E-state index in [0.717, 1.165) is 12.5 Å². The van der Waals surface area contributed by atoms with Gasteiger partial charge in [-0.15, -0.1) is 0 Å². The molecule has 0 bridgehead atoms. The standard InChI is InChI=1S/C16H25N/c1-12(2)14-5-7-15(8-6-14)16(11-17-4)9-13(3)10-16/h5-8,12-13,17H,9-11H2,1-4H3. The molecule has 0 unspecified atom stereocenters. The Kier molecular flexibility index (Phi) is 3.58. The summed E-state index contributed by atoms with van der Waals surface area (Å²) in [7, 11) is 2.06. The minimum atomic E-state index is 0.406.